The number of nitrogens with one attached hydrogen (secondary N) is 1. The first kappa shape index (κ1) is 17.0. The Morgan fingerprint density at radius 3 is 2.74 bits per heavy atom. The van der Waals surface area contributed by atoms with E-state index in [1.807, 2.05) is 0 Å². The zero-order valence-electron chi connectivity index (χ0n) is 12.3. The number of ether oxygens (including phenoxy) is 2. The molecule has 1 N–H and O–H groups in total. The maximum atomic E-state index is 12.3. The van der Waals surface area contributed by atoms with Gasteiger partial charge in [-0.1, -0.05) is 11.6 Å². The summed E-state index contributed by atoms with van der Waals surface area (Å²) in [7, 11) is 1.31. The smallest absolute Gasteiger partial charge is 0.387 e. The zero-order valence-corrected chi connectivity index (χ0v) is 13.1. The van der Waals surface area contributed by atoms with Crippen molar-refractivity contribution in [3.63, 3.8) is 0 Å². The summed E-state index contributed by atoms with van der Waals surface area (Å²) in [6.07, 6.45) is 1.54. The average molecular weight is 346 g/mol. The maximum absolute atomic E-state index is 12.3. The minimum atomic E-state index is -2.96. The fraction of sp³-hybridized carbons (Fsp3) is 0.286. The van der Waals surface area contributed by atoms with E-state index in [0.29, 0.717) is 16.4 Å². The summed E-state index contributed by atoms with van der Waals surface area (Å²) in [6, 6.07) is 4.10. The molecule has 0 radical (unpaired) electrons. The third-order valence-electron chi connectivity index (χ3n) is 2.86. The van der Waals surface area contributed by atoms with E-state index >= 15 is 0 Å². The molecule has 0 unspecified atom stereocenters. The van der Waals surface area contributed by atoms with Gasteiger partial charge in [-0.2, -0.15) is 13.9 Å². The fourth-order valence-corrected chi connectivity index (χ4v) is 2.01. The molecule has 9 heteroatoms. The molecule has 0 aliphatic carbocycles. The molecule has 0 saturated heterocycles. The molecule has 2 aromatic rings. The van der Waals surface area contributed by atoms with Crippen LogP contribution in [-0.4, -0.2) is 29.4 Å². The van der Waals surface area contributed by atoms with Crippen LogP contribution in [-0.2, 0) is 11.3 Å². The lowest BCUT2D eigenvalue weighted by Gasteiger charge is -2.12. The highest BCUT2D eigenvalue weighted by molar-refractivity contribution is 6.31. The van der Waals surface area contributed by atoms with E-state index in [1.165, 1.54) is 36.2 Å². The number of methoxy groups -OCH3 is 1. The quantitative estimate of drug-likeness (QED) is 0.873. The first-order valence-corrected chi connectivity index (χ1v) is 6.89. The third kappa shape index (κ3) is 4.56. The van der Waals surface area contributed by atoms with Crippen molar-refractivity contribution in [2.24, 2.45) is 0 Å². The van der Waals surface area contributed by atoms with Crippen molar-refractivity contribution in [3.8, 4) is 11.5 Å². The van der Waals surface area contributed by atoms with Crippen molar-refractivity contribution in [2.75, 3.05) is 12.4 Å². The van der Waals surface area contributed by atoms with Crippen LogP contribution in [0, 0.1) is 6.92 Å². The first-order chi connectivity index (χ1) is 10.9. The van der Waals surface area contributed by atoms with Crippen LogP contribution >= 0.6 is 11.6 Å². The van der Waals surface area contributed by atoms with Crippen LogP contribution in [0.4, 0.5) is 14.5 Å². The lowest BCUT2D eigenvalue weighted by Crippen LogP contribution is -2.19. The first-order valence-electron chi connectivity index (χ1n) is 6.51. The number of carbonyl (C=O) groups is 1. The standard InChI is InChI=1S/C14H14ClF2N3O3/c1-8-10(15)6-20(19-8)7-13(21)18-9-3-4-11(23-14(16)17)12(5-9)22-2/h3-6,14H,7H2,1-2H3,(H,18,21). The highest BCUT2D eigenvalue weighted by atomic mass is 35.5. The van der Waals surface area contributed by atoms with Crippen molar-refractivity contribution < 1.29 is 23.0 Å². The number of halogens is 3. The van der Waals surface area contributed by atoms with E-state index in [9.17, 15) is 13.6 Å². The predicted molar refractivity (Wildman–Crippen MR) is 80.2 cm³/mol. The SMILES string of the molecule is COc1cc(NC(=O)Cn2cc(Cl)c(C)n2)ccc1OC(F)F. The number of benzene rings is 1. The summed E-state index contributed by atoms with van der Waals surface area (Å²) in [5.41, 5.74) is 0.998. The number of hydrogen-bond donors (Lipinski definition) is 1. The summed E-state index contributed by atoms with van der Waals surface area (Å²) in [5, 5.41) is 7.14. The van der Waals surface area contributed by atoms with Gasteiger partial charge in [0.1, 0.15) is 6.54 Å². The van der Waals surface area contributed by atoms with E-state index in [0.717, 1.165) is 0 Å². The summed E-state index contributed by atoms with van der Waals surface area (Å²) in [5.74, 6) is -0.384. The van der Waals surface area contributed by atoms with Gasteiger partial charge in [0.05, 0.1) is 17.8 Å². The Kier molecular flexibility index (Phi) is 5.38. The molecule has 1 heterocycles. The highest BCUT2D eigenvalue weighted by Crippen LogP contribution is 2.31. The zero-order chi connectivity index (χ0) is 17.0. The van der Waals surface area contributed by atoms with E-state index in [1.54, 1.807) is 6.92 Å². The topological polar surface area (TPSA) is 65.4 Å². The highest BCUT2D eigenvalue weighted by Gasteiger charge is 2.13. The van der Waals surface area contributed by atoms with Crippen LogP contribution in [0.1, 0.15) is 5.69 Å². The second-order valence-corrected chi connectivity index (χ2v) is 4.96. The lowest BCUT2D eigenvalue weighted by atomic mass is 10.2. The minimum Gasteiger partial charge on any atom is -0.493 e. The van der Waals surface area contributed by atoms with Gasteiger partial charge in [-0.05, 0) is 19.1 Å². The van der Waals surface area contributed by atoms with E-state index < -0.39 is 6.61 Å². The van der Waals surface area contributed by atoms with Gasteiger partial charge in [0.15, 0.2) is 11.5 Å². The Labute approximate surface area is 135 Å². The summed E-state index contributed by atoms with van der Waals surface area (Å²) in [4.78, 5) is 12.0. The van der Waals surface area contributed by atoms with Crippen molar-refractivity contribution in [3.05, 3.63) is 35.1 Å². The second-order valence-electron chi connectivity index (χ2n) is 4.55. The van der Waals surface area contributed by atoms with E-state index in [2.05, 4.69) is 15.2 Å². The molecular weight excluding hydrogens is 332 g/mol. The molecule has 1 aromatic carbocycles. The van der Waals surface area contributed by atoms with Crippen LogP contribution in [0.5, 0.6) is 11.5 Å². The number of rotatable bonds is 6. The molecule has 23 heavy (non-hydrogen) atoms. The number of aryl methyl sites for hydroxylation is 1. The van der Waals surface area contributed by atoms with Crippen LogP contribution in [0.15, 0.2) is 24.4 Å². The van der Waals surface area contributed by atoms with Gasteiger partial charge in [-0.15, -0.1) is 0 Å². The summed E-state index contributed by atoms with van der Waals surface area (Å²) < 4.78 is 35.2. The van der Waals surface area contributed by atoms with Crippen LogP contribution in [0.25, 0.3) is 0 Å². The van der Waals surface area contributed by atoms with E-state index in [4.69, 9.17) is 16.3 Å². The largest absolute Gasteiger partial charge is 0.493 e. The van der Waals surface area contributed by atoms with Gasteiger partial charge in [-0.25, -0.2) is 0 Å². The summed E-state index contributed by atoms with van der Waals surface area (Å²) >= 11 is 5.86. The fourth-order valence-electron chi connectivity index (χ4n) is 1.86. The second kappa shape index (κ2) is 7.28. The average Bonchev–Trinajstić information content (AvgIpc) is 2.78. The van der Waals surface area contributed by atoms with Crippen molar-refractivity contribution in [1.29, 1.82) is 0 Å². The molecule has 1 aromatic heterocycles. The molecule has 0 fully saturated rings. The molecule has 6 nitrogen and oxygen atoms in total. The van der Waals surface area contributed by atoms with Crippen molar-refractivity contribution in [1.82, 2.24) is 9.78 Å². The Bertz CT molecular complexity index is 687. The van der Waals surface area contributed by atoms with Gasteiger partial charge in [0.2, 0.25) is 5.91 Å². The summed E-state index contributed by atoms with van der Waals surface area (Å²) in [6.45, 7) is -1.27. The number of amides is 1. The number of nitrogens with zero attached hydrogens (tertiary/aromatic N) is 2. The molecule has 0 saturated carbocycles. The number of anilines is 1. The molecular formula is C14H14ClF2N3O3. The molecule has 0 bridgehead atoms. The van der Waals surface area contributed by atoms with Crippen molar-refractivity contribution >= 4 is 23.2 Å². The van der Waals surface area contributed by atoms with Gasteiger partial charge in [-0.3, -0.25) is 9.48 Å². The van der Waals surface area contributed by atoms with E-state index in [-0.39, 0.29) is 24.0 Å². The molecule has 1 amide bonds. The molecule has 0 aliphatic heterocycles. The van der Waals surface area contributed by atoms with Crippen LogP contribution in [0.2, 0.25) is 5.02 Å². The van der Waals surface area contributed by atoms with Gasteiger partial charge < -0.3 is 14.8 Å². The van der Waals surface area contributed by atoms with Gasteiger partial charge in [0, 0.05) is 18.0 Å². The molecule has 0 spiro atoms. The normalized spacial score (nSPS) is 10.7. The number of alkyl halides is 2. The molecule has 0 atom stereocenters. The van der Waals surface area contributed by atoms with Gasteiger partial charge in [0.25, 0.3) is 0 Å². The number of carbonyl (C=O) groups excluding carboxylic acids is 1. The van der Waals surface area contributed by atoms with Crippen LogP contribution in [0.3, 0.4) is 0 Å². The van der Waals surface area contributed by atoms with Crippen molar-refractivity contribution in [2.45, 2.75) is 20.1 Å². The minimum absolute atomic E-state index is 0.0365. The van der Waals surface area contributed by atoms with Gasteiger partial charge >= 0.3 is 6.61 Å². The lowest BCUT2D eigenvalue weighted by molar-refractivity contribution is -0.116. The molecule has 124 valence electrons. The maximum Gasteiger partial charge on any atom is 0.387 e. The Morgan fingerprint density at radius 2 is 2.17 bits per heavy atom. The predicted octanol–water partition coefficient (Wildman–Crippen LogP) is 3.09. The monoisotopic (exact) mass is 345 g/mol. The number of hydrogen-bond acceptors (Lipinski definition) is 4. The Balaban J connectivity index is 2.05. The molecule has 2 rings (SSSR count). The Hall–Kier alpha value is -2.35. The molecule has 0 aliphatic rings. The van der Waals surface area contributed by atoms with Crippen LogP contribution < -0.4 is 14.8 Å². The third-order valence-corrected chi connectivity index (χ3v) is 3.23. The number of aromatic nitrogens is 2. The Morgan fingerprint density at radius 1 is 1.43 bits per heavy atom.